The molecule has 2 heterocycles. The van der Waals surface area contributed by atoms with Crippen molar-refractivity contribution in [1.82, 2.24) is 10.3 Å². The van der Waals surface area contributed by atoms with Gasteiger partial charge < -0.3 is 9.73 Å². The average Bonchev–Trinajstić information content (AvgIpc) is 2.88. The molecule has 1 aromatic carbocycles. The van der Waals surface area contributed by atoms with Gasteiger partial charge in [0.25, 0.3) is 0 Å². The van der Waals surface area contributed by atoms with Gasteiger partial charge in [0.05, 0.1) is 0 Å². The van der Waals surface area contributed by atoms with E-state index in [0.717, 1.165) is 19.4 Å². The molecule has 1 aromatic heterocycles. The van der Waals surface area contributed by atoms with Crippen LogP contribution in [0.4, 0.5) is 4.39 Å². The predicted octanol–water partition coefficient (Wildman–Crippen LogP) is 2.26. The van der Waals surface area contributed by atoms with Crippen LogP contribution in [-0.2, 0) is 6.42 Å². The number of nitrogens with zero attached hydrogens (tertiary/aromatic N) is 1. The Morgan fingerprint density at radius 1 is 1.50 bits per heavy atom. The zero-order valence-electron chi connectivity index (χ0n) is 8.87. The van der Waals surface area contributed by atoms with Gasteiger partial charge in [0.1, 0.15) is 5.52 Å². The van der Waals surface area contributed by atoms with Crippen LogP contribution in [0.25, 0.3) is 11.1 Å². The van der Waals surface area contributed by atoms with Crippen molar-refractivity contribution < 1.29 is 8.81 Å². The van der Waals surface area contributed by atoms with E-state index in [1.54, 1.807) is 12.1 Å². The summed E-state index contributed by atoms with van der Waals surface area (Å²) in [6.45, 7) is 1.05. The lowest BCUT2D eigenvalue weighted by molar-refractivity contribution is 0.467. The van der Waals surface area contributed by atoms with Crippen molar-refractivity contribution in [3.63, 3.8) is 0 Å². The second kappa shape index (κ2) is 3.87. The third kappa shape index (κ3) is 1.69. The van der Waals surface area contributed by atoms with Crippen LogP contribution >= 0.6 is 0 Å². The van der Waals surface area contributed by atoms with E-state index in [1.807, 2.05) is 0 Å². The molecule has 16 heavy (non-hydrogen) atoms. The Morgan fingerprint density at radius 2 is 2.44 bits per heavy atom. The van der Waals surface area contributed by atoms with Crippen molar-refractivity contribution in [2.24, 2.45) is 0 Å². The fraction of sp³-hybridized carbons (Fsp3) is 0.417. The molecule has 84 valence electrons. The van der Waals surface area contributed by atoms with E-state index in [0.29, 0.717) is 17.4 Å². The quantitative estimate of drug-likeness (QED) is 0.843. The topological polar surface area (TPSA) is 38.1 Å². The Kier molecular flexibility index (Phi) is 2.36. The first-order valence-electron chi connectivity index (χ1n) is 5.60. The maximum Gasteiger partial charge on any atom is 0.197 e. The standard InChI is InChI=1S/C12H13FN2O/c13-9-4-1-5-10-12(9)16-11(15-10)7-8-3-2-6-14-8/h1,4-5,8,14H,2-3,6-7H2. The van der Waals surface area contributed by atoms with Gasteiger partial charge in [0.2, 0.25) is 0 Å². The Balaban J connectivity index is 1.90. The van der Waals surface area contributed by atoms with Gasteiger partial charge in [-0.15, -0.1) is 0 Å². The van der Waals surface area contributed by atoms with Gasteiger partial charge >= 0.3 is 0 Å². The highest BCUT2D eigenvalue weighted by Crippen LogP contribution is 2.20. The summed E-state index contributed by atoms with van der Waals surface area (Å²) in [5.41, 5.74) is 0.878. The first kappa shape index (κ1) is 9.78. The largest absolute Gasteiger partial charge is 0.438 e. The molecule has 1 N–H and O–H groups in total. The number of nitrogens with one attached hydrogen (secondary N) is 1. The summed E-state index contributed by atoms with van der Waals surface area (Å²) in [6, 6.07) is 5.24. The van der Waals surface area contributed by atoms with Crippen LogP contribution in [0, 0.1) is 5.82 Å². The van der Waals surface area contributed by atoms with E-state index in [9.17, 15) is 4.39 Å². The lowest BCUT2D eigenvalue weighted by Crippen LogP contribution is -2.23. The summed E-state index contributed by atoms with van der Waals surface area (Å²) in [4.78, 5) is 4.29. The predicted molar refractivity (Wildman–Crippen MR) is 58.7 cm³/mol. The number of aromatic nitrogens is 1. The lowest BCUT2D eigenvalue weighted by Gasteiger charge is -2.05. The number of para-hydroxylation sites is 1. The van der Waals surface area contributed by atoms with Crippen molar-refractivity contribution in [2.75, 3.05) is 6.54 Å². The van der Waals surface area contributed by atoms with Gasteiger partial charge in [-0.3, -0.25) is 0 Å². The van der Waals surface area contributed by atoms with E-state index < -0.39 is 0 Å². The molecule has 3 rings (SSSR count). The zero-order valence-corrected chi connectivity index (χ0v) is 8.87. The van der Waals surface area contributed by atoms with Gasteiger partial charge in [0.15, 0.2) is 17.3 Å². The number of fused-ring (bicyclic) bond motifs is 1. The molecule has 0 aliphatic carbocycles. The highest BCUT2D eigenvalue weighted by molar-refractivity contribution is 5.72. The summed E-state index contributed by atoms with van der Waals surface area (Å²) in [6.07, 6.45) is 3.08. The second-order valence-electron chi connectivity index (χ2n) is 4.19. The number of halogens is 1. The normalized spacial score (nSPS) is 20.7. The van der Waals surface area contributed by atoms with Crippen LogP contribution in [-0.4, -0.2) is 17.6 Å². The Morgan fingerprint density at radius 3 is 3.19 bits per heavy atom. The summed E-state index contributed by atoms with van der Waals surface area (Å²) >= 11 is 0. The minimum absolute atomic E-state index is 0.274. The van der Waals surface area contributed by atoms with Crippen molar-refractivity contribution in [1.29, 1.82) is 0 Å². The van der Waals surface area contributed by atoms with E-state index in [-0.39, 0.29) is 11.4 Å². The molecule has 0 bridgehead atoms. The molecule has 1 saturated heterocycles. The van der Waals surface area contributed by atoms with Crippen molar-refractivity contribution in [3.8, 4) is 0 Å². The minimum Gasteiger partial charge on any atom is -0.438 e. The van der Waals surface area contributed by atoms with Gasteiger partial charge in [-0.25, -0.2) is 9.37 Å². The van der Waals surface area contributed by atoms with E-state index in [1.165, 1.54) is 12.5 Å². The molecule has 4 heteroatoms. The van der Waals surface area contributed by atoms with E-state index in [2.05, 4.69) is 10.3 Å². The summed E-state index contributed by atoms with van der Waals surface area (Å²) in [5, 5.41) is 3.37. The van der Waals surface area contributed by atoms with Gasteiger partial charge in [-0.2, -0.15) is 0 Å². The van der Waals surface area contributed by atoms with Crippen LogP contribution in [0.5, 0.6) is 0 Å². The van der Waals surface area contributed by atoms with Gasteiger partial charge in [0, 0.05) is 12.5 Å². The number of hydrogen-bond donors (Lipinski definition) is 1. The first-order valence-corrected chi connectivity index (χ1v) is 5.60. The molecule has 1 atom stereocenters. The van der Waals surface area contributed by atoms with Crippen molar-refractivity contribution in [2.45, 2.75) is 25.3 Å². The van der Waals surface area contributed by atoms with E-state index >= 15 is 0 Å². The first-order chi connectivity index (χ1) is 7.83. The van der Waals surface area contributed by atoms with Crippen molar-refractivity contribution >= 4 is 11.1 Å². The molecule has 0 radical (unpaired) electrons. The Hall–Kier alpha value is -1.42. The van der Waals surface area contributed by atoms with Crippen molar-refractivity contribution in [3.05, 3.63) is 29.9 Å². The number of oxazole rings is 1. The third-order valence-electron chi connectivity index (χ3n) is 2.99. The van der Waals surface area contributed by atoms with Gasteiger partial charge in [-0.1, -0.05) is 6.07 Å². The molecular formula is C12H13FN2O. The molecule has 1 aliphatic rings. The van der Waals surface area contributed by atoms with Crippen LogP contribution in [0.15, 0.2) is 22.6 Å². The number of benzene rings is 1. The molecular weight excluding hydrogens is 207 g/mol. The Labute approximate surface area is 92.7 Å². The zero-order chi connectivity index (χ0) is 11.0. The molecule has 1 fully saturated rings. The number of hydrogen-bond acceptors (Lipinski definition) is 3. The molecule has 0 saturated carbocycles. The molecule has 1 unspecified atom stereocenters. The highest BCUT2D eigenvalue weighted by Gasteiger charge is 2.18. The van der Waals surface area contributed by atoms with Crippen LogP contribution in [0.2, 0.25) is 0 Å². The molecule has 3 nitrogen and oxygen atoms in total. The van der Waals surface area contributed by atoms with Gasteiger partial charge in [-0.05, 0) is 31.5 Å². The second-order valence-corrected chi connectivity index (χ2v) is 4.19. The average molecular weight is 220 g/mol. The number of rotatable bonds is 2. The summed E-state index contributed by atoms with van der Waals surface area (Å²) in [7, 11) is 0. The minimum atomic E-state index is -0.337. The fourth-order valence-electron chi connectivity index (χ4n) is 2.19. The summed E-state index contributed by atoms with van der Waals surface area (Å²) in [5.74, 6) is 0.287. The Bertz CT molecular complexity index is 503. The SMILES string of the molecule is Fc1cccc2nc(CC3CCCN3)oc12. The highest BCUT2D eigenvalue weighted by atomic mass is 19.1. The van der Waals surface area contributed by atoms with Crippen LogP contribution in [0.3, 0.4) is 0 Å². The van der Waals surface area contributed by atoms with Crippen LogP contribution in [0.1, 0.15) is 18.7 Å². The maximum atomic E-state index is 13.4. The fourth-order valence-corrected chi connectivity index (χ4v) is 2.19. The summed E-state index contributed by atoms with van der Waals surface area (Å²) < 4.78 is 18.8. The molecule has 0 amide bonds. The molecule has 1 aliphatic heterocycles. The lowest BCUT2D eigenvalue weighted by atomic mass is 10.2. The molecule has 0 spiro atoms. The third-order valence-corrected chi connectivity index (χ3v) is 2.99. The monoisotopic (exact) mass is 220 g/mol. The van der Waals surface area contributed by atoms with E-state index in [4.69, 9.17) is 4.42 Å². The smallest absolute Gasteiger partial charge is 0.197 e. The molecule has 2 aromatic rings. The maximum absolute atomic E-state index is 13.4. The van der Waals surface area contributed by atoms with Crippen LogP contribution < -0.4 is 5.32 Å².